The van der Waals surface area contributed by atoms with Crippen molar-refractivity contribution in [2.24, 2.45) is 0 Å². The van der Waals surface area contributed by atoms with Crippen LogP contribution in [0.5, 0.6) is 11.5 Å². The first-order valence-corrected chi connectivity index (χ1v) is 8.72. The van der Waals surface area contributed by atoms with Gasteiger partial charge in [-0.05, 0) is 24.3 Å². The lowest BCUT2D eigenvalue weighted by molar-refractivity contribution is -0.384. The topological polar surface area (TPSA) is 137 Å². The zero-order chi connectivity index (χ0) is 23.5. The van der Waals surface area contributed by atoms with Crippen LogP contribution in [0.15, 0.2) is 54.7 Å². The molecule has 0 aliphatic carbocycles. The van der Waals surface area contributed by atoms with Crippen molar-refractivity contribution in [2.75, 3.05) is 5.32 Å². The Bertz CT molecular complexity index is 1190. The predicted molar refractivity (Wildman–Crippen MR) is 102 cm³/mol. The van der Waals surface area contributed by atoms with Gasteiger partial charge in [0.2, 0.25) is 0 Å². The van der Waals surface area contributed by atoms with Crippen LogP contribution in [-0.2, 0) is 17.5 Å². The van der Waals surface area contributed by atoms with Crippen molar-refractivity contribution in [3.05, 3.63) is 76.1 Å². The fourth-order valence-electron chi connectivity index (χ4n) is 2.60. The summed E-state index contributed by atoms with van der Waals surface area (Å²) in [6, 6.07) is 8.35. The summed E-state index contributed by atoms with van der Waals surface area (Å²) >= 11 is 0. The summed E-state index contributed by atoms with van der Waals surface area (Å²) in [5, 5.41) is 26.1. The van der Waals surface area contributed by atoms with Gasteiger partial charge in [0.05, 0.1) is 22.2 Å². The Hall–Kier alpha value is -4.42. The van der Waals surface area contributed by atoms with Crippen molar-refractivity contribution in [3.63, 3.8) is 0 Å². The second kappa shape index (κ2) is 8.75. The zero-order valence-electron chi connectivity index (χ0n) is 15.9. The number of non-ortho nitro benzene ring substituents is 1. The Balaban J connectivity index is 1.85. The molecule has 166 valence electrons. The highest BCUT2D eigenvalue weighted by Crippen LogP contribution is 2.34. The highest BCUT2D eigenvalue weighted by Gasteiger charge is 2.30. The van der Waals surface area contributed by atoms with Crippen LogP contribution >= 0.6 is 0 Å². The first-order valence-electron chi connectivity index (χ1n) is 8.72. The standard InChI is InChI=1S/C19H13F3N4O6/c20-19(21,22)11-2-1-3-14(6-11)32-15-8-12(7-13(9-15)26(30)31)23-18(29)16-4-5-25(24-16)10-17(27)28/h1-9H,10H2,(H,23,29)(H,27,28). The number of carbonyl (C=O) groups excluding carboxylic acids is 1. The van der Waals surface area contributed by atoms with Crippen molar-refractivity contribution in [1.82, 2.24) is 9.78 Å². The van der Waals surface area contributed by atoms with E-state index in [9.17, 15) is 32.9 Å². The fourth-order valence-corrected chi connectivity index (χ4v) is 2.60. The largest absolute Gasteiger partial charge is 0.480 e. The molecule has 10 nitrogen and oxygen atoms in total. The maximum atomic E-state index is 12.9. The molecule has 13 heteroatoms. The highest BCUT2D eigenvalue weighted by atomic mass is 19.4. The summed E-state index contributed by atoms with van der Waals surface area (Å²) in [5.41, 5.74) is -1.69. The van der Waals surface area contributed by atoms with Crippen molar-refractivity contribution < 1.29 is 37.5 Å². The van der Waals surface area contributed by atoms with Crippen LogP contribution in [0.4, 0.5) is 24.5 Å². The van der Waals surface area contributed by atoms with Gasteiger partial charge < -0.3 is 15.2 Å². The number of amides is 1. The van der Waals surface area contributed by atoms with E-state index in [2.05, 4.69) is 10.4 Å². The van der Waals surface area contributed by atoms with E-state index in [0.29, 0.717) is 0 Å². The smallest absolute Gasteiger partial charge is 0.416 e. The molecule has 0 aliphatic heterocycles. The summed E-state index contributed by atoms with van der Waals surface area (Å²) in [4.78, 5) is 33.5. The molecule has 0 aliphatic rings. The normalized spacial score (nSPS) is 11.1. The second-order valence-electron chi connectivity index (χ2n) is 6.35. The number of carbonyl (C=O) groups is 2. The van der Waals surface area contributed by atoms with Gasteiger partial charge in [-0.3, -0.25) is 24.4 Å². The molecule has 0 atom stereocenters. The van der Waals surface area contributed by atoms with Crippen LogP contribution in [0.2, 0.25) is 0 Å². The summed E-state index contributed by atoms with van der Waals surface area (Å²) in [5.74, 6) is -2.37. The molecular weight excluding hydrogens is 437 g/mol. The Kier molecular flexibility index (Phi) is 6.09. The van der Waals surface area contributed by atoms with E-state index < -0.39 is 40.8 Å². The van der Waals surface area contributed by atoms with Crippen LogP contribution in [-0.4, -0.2) is 31.7 Å². The van der Waals surface area contributed by atoms with Crippen molar-refractivity contribution in [2.45, 2.75) is 12.7 Å². The number of hydrogen-bond acceptors (Lipinski definition) is 6. The van der Waals surface area contributed by atoms with Crippen LogP contribution in [0, 0.1) is 10.1 Å². The Morgan fingerprint density at radius 3 is 2.56 bits per heavy atom. The van der Waals surface area contributed by atoms with Crippen LogP contribution in [0.1, 0.15) is 16.1 Å². The van der Waals surface area contributed by atoms with Gasteiger partial charge in [-0.25, -0.2) is 0 Å². The number of nitrogens with one attached hydrogen (secondary N) is 1. The Labute approximate surface area is 177 Å². The summed E-state index contributed by atoms with van der Waals surface area (Å²) in [7, 11) is 0. The maximum Gasteiger partial charge on any atom is 0.416 e. The van der Waals surface area contributed by atoms with Gasteiger partial charge in [-0.15, -0.1) is 0 Å². The number of aromatic nitrogens is 2. The number of rotatable bonds is 7. The van der Waals surface area contributed by atoms with Gasteiger partial charge in [0.1, 0.15) is 18.0 Å². The third-order valence-electron chi connectivity index (χ3n) is 3.93. The molecule has 0 saturated heterocycles. The lowest BCUT2D eigenvalue weighted by Gasteiger charge is -2.11. The first kappa shape index (κ1) is 22.3. The minimum atomic E-state index is -4.61. The molecule has 0 spiro atoms. The molecule has 0 unspecified atom stereocenters. The van der Waals surface area contributed by atoms with Crippen molar-refractivity contribution in [1.29, 1.82) is 0 Å². The number of halogens is 3. The second-order valence-corrected chi connectivity index (χ2v) is 6.35. The quantitative estimate of drug-likeness (QED) is 0.411. The SMILES string of the molecule is O=C(O)Cn1ccc(C(=O)Nc2cc(Oc3cccc(C(F)(F)F)c3)cc([N+](=O)[O-])c2)n1. The van der Waals surface area contributed by atoms with Crippen molar-refractivity contribution in [3.8, 4) is 11.5 Å². The molecule has 3 aromatic rings. The fraction of sp³-hybridized carbons (Fsp3) is 0.105. The summed E-state index contributed by atoms with van der Waals surface area (Å²) in [6.07, 6.45) is -3.34. The molecule has 1 aromatic heterocycles. The van der Waals surface area contributed by atoms with Gasteiger partial charge >= 0.3 is 12.1 Å². The average Bonchev–Trinajstić information content (AvgIpc) is 3.15. The van der Waals surface area contributed by atoms with E-state index in [0.717, 1.165) is 35.0 Å². The van der Waals surface area contributed by atoms with Gasteiger partial charge in [-0.2, -0.15) is 18.3 Å². The monoisotopic (exact) mass is 450 g/mol. The van der Waals surface area contributed by atoms with Gasteiger partial charge in [0.15, 0.2) is 5.69 Å². The molecule has 0 fully saturated rings. The maximum absolute atomic E-state index is 12.9. The lowest BCUT2D eigenvalue weighted by atomic mass is 10.2. The number of nitrogens with zero attached hydrogens (tertiary/aromatic N) is 3. The predicted octanol–water partition coefficient (Wildman–Crippen LogP) is 3.94. The van der Waals surface area contributed by atoms with Crippen LogP contribution in [0.3, 0.4) is 0 Å². The number of ether oxygens (including phenoxy) is 1. The summed E-state index contributed by atoms with van der Waals surface area (Å²) in [6.45, 7) is -0.473. The number of nitro benzene ring substituents is 1. The third kappa shape index (κ3) is 5.59. The van der Waals surface area contributed by atoms with Gasteiger partial charge in [0.25, 0.3) is 11.6 Å². The highest BCUT2D eigenvalue weighted by molar-refractivity contribution is 6.03. The molecule has 32 heavy (non-hydrogen) atoms. The number of benzene rings is 2. The Morgan fingerprint density at radius 1 is 1.16 bits per heavy atom. The number of alkyl halides is 3. The molecule has 0 radical (unpaired) electrons. The first-order chi connectivity index (χ1) is 15.0. The van der Waals surface area contributed by atoms with E-state index >= 15 is 0 Å². The van der Waals surface area contributed by atoms with Crippen LogP contribution in [0.25, 0.3) is 0 Å². The molecule has 1 amide bonds. The number of anilines is 1. The minimum Gasteiger partial charge on any atom is -0.480 e. The van der Waals surface area contributed by atoms with E-state index in [1.807, 2.05) is 0 Å². The molecule has 0 bridgehead atoms. The minimum absolute atomic E-state index is 0.0843. The number of nitro groups is 1. The molecule has 3 rings (SSSR count). The molecule has 0 saturated carbocycles. The van der Waals surface area contributed by atoms with E-state index in [4.69, 9.17) is 9.84 Å². The third-order valence-corrected chi connectivity index (χ3v) is 3.93. The molecule has 1 heterocycles. The van der Waals surface area contributed by atoms with E-state index in [1.54, 1.807) is 0 Å². The lowest BCUT2D eigenvalue weighted by Crippen LogP contribution is -2.15. The van der Waals surface area contributed by atoms with Crippen molar-refractivity contribution >= 4 is 23.3 Å². The number of hydrogen-bond donors (Lipinski definition) is 2. The number of carboxylic acids is 1. The number of carboxylic acid groups (broad SMARTS) is 1. The Morgan fingerprint density at radius 2 is 1.91 bits per heavy atom. The zero-order valence-corrected chi connectivity index (χ0v) is 15.9. The molecular formula is C19H13F3N4O6. The van der Waals surface area contributed by atoms with E-state index in [1.165, 1.54) is 24.4 Å². The average molecular weight is 450 g/mol. The number of aliphatic carboxylic acids is 1. The van der Waals surface area contributed by atoms with Gasteiger partial charge in [0, 0.05) is 18.3 Å². The molecule has 2 aromatic carbocycles. The summed E-state index contributed by atoms with van der Waals surface area (Å²) < 4.78 is 45.0. The van der Waals surface area contributed by atoms with E-state index in [-0.39, 0.29) is 22.9 Å². The van der Waals surface area contributed by atoms with Gasteiger partial charge in [-0.1, -0.05) is 6.07 Å². The molecule has 2 N–H and O–H groups in total. The van der Waals surface area contributed by atoms with Crippen LogP contribution < -0.4 is 10.1 Å².